The number of rotatable bonds is 7. The highest BCUT2D eigenvalue weighted by atomic mass is 16.5. The van der Waals surface area contributed by atoms with Crippen LogP contribution in [0.5, 0.6) is 5.75 Å². The van der Waals surface area contributed by atoms with Gasteiger partial charge in [-0.1, -0.05) is 46.6 Å². The quantitative estimate of drug-likeness (QED) is 0.637. The number of hydrogen-bond donors (Lipinski definition) is 0. The smallest absolute Gasteiger partial charge is 0.260 e. The molecule has 0 N–H and O–H groups in total. The highest BCUT2D eigenvalue weighted by molar-refractivity contribution is 5.77. The van der Waals surface area contributed by atoms with Gasteiger partial charge in [-0.25, -0.2) is 0 Å². The molecule has 0 radical (unpaired) electrons. The van der Waals surface area contributed by atoms with Gasteiger partial charge in [0.25, 0.3) is 5.91 Å². The molecule has 0 atom stereocenters. The Morgan fingerprint density at radius 3 is 2.59 bits per heavy atom. The molecule has 27 heavy (non-hydrogen) atoms. The molecular formula is C21H23N3O3. The average Bonchev–Trinajstić information content (AvgIpc) is 3.14. The molecule has 2 aromatic carbocycles. The number of aromatic nitrogens is 2. The van der Waals surface area contributed by atoms with E-state index in [9.17, 15) is 4.79 Å². The molecule has 6 heteroatoms. The molecule has 0 aliphatic rings. The van der Waals surface area contributed by atoms with Crippen molar-refractivity contribution in [2.24, 2.45) is 0 Å². The molecule has 0 bridgehead atoms. The van der Waals surface area contributed by atoms with Gasteiger partial charge in [0.05, 0.1) is 0 Å². The van der Waals surface area contributed by atoms with Crippen LogP contribution in [0.15, 0.2) is 53.1 Å². The van der Waals surface area contributed by atoms with E-state index in [0.29, 0.717) is 24.0 Å². The second-order valence-electron chi connectivity index (χ2n) is 6.39. The number of carbonyl (C=O) groups excluding carboxylic acids is 1. The molecule has 6 nitrogen and oxygen atoms in total. The molecule has 3 aromatic rings. The fourth-order valence-corrected chi connectivity index (χ4v) is 2.63. The normalized spacial score (nSPS) is 10.6. The summed E-state index contributed by atoms with van der Waals surface area (Å²) in [5, 5.41) is 4.02. The number of likely N-dealkylation sites (N-methyl/N-ethyl adjacent to an activating group) is 1. The van der Waals surface area contributed by atoms with E-state index >= 15 is 0 Å². The molecule has 3 rings (SSSR count). The number of aryl methyl sites for hydroxylation is 2. The second-order valence-corrected chi connectivity index (χ2v) is 6.39. The standard InChI is InChI=1S/C21H23N3O3/c1-4-24(20(25)14-26-18-10-8-15(2)9-11-18)13-19-22-21(23-27-19)17-7-5-6-16(3)12-17/h5-12H,4,13-14H2,1-3H3. The lowest BCUT2D eigenvalue weighted by Gasteiger charge is -2.18. The minimum absolute atomic E-state index is 0.0320. The van der Waals surface area contributed by atoms with Crippen molar-refractivity contribution in [2.75, 3.05) is 13.2 Å². The Kier molecular flexibility index (Phi) is 5.86. The Morgan fingerprint density at radius 1 is 1.11 bits per heavy atom. The van der Waals surface area contributed by atoms with E-state index in [0.717, 1.165) is 16.7 Å². The summed E-state index contributed by atoms with van der Waals surface area (Å²) in [4.78, 5) is 18.5. The van der Waals surface area contributed by atoms with Gasteiger partial charge in [0.1, 0.15) is 12.3 Å². The molecule has 0 fully saturated rings. The zero-order valence-electron chi connectivity index (χ0n) is 15.8. The number of nitrogens with zero attached hydrogens (tertiary/aromatic N) is 3. The van der Waals surface area contributed by atoms with Gasteiger partial charge in [-0.3, -0.25) is 4.79 Å². The third kappa shape index (κ3) is 4.94. The number of hydrogen-bond acceptors (Lipinski definition) is 5. The Hall–Kier alpha value is -3.15. The highest BCUT2D eigenvalue weighted by Gasteiger charge is 2.17. The summed E-state index contributed by atoms with van der Waals surface area (Å²) in [6.07, 6.45) is 0. The van der Waals surface area contributed by atoms with Crippen LogP contribution in [0.2, 0.25) is 0 Å². The van der Waals surface area contributed by atoms with Crippen molar-refractivity contribution in [1.29, 1.82) is 0 Å². The SMILES string of the molecule is CCN(Cc1nc(-c2cccc(C)c2)no1)C(=O)COc1ccc(C)cc1. The lowest BCUT2D eigenvalue weighted by atomic mass is 10.1. The van der Waals surface area contributed by atoms with Gasteiger partial charge < -0.3 is 14.2 Å². The van der Waals surface area contributed by atoms with Crippen LogP contribution in [-0.4, -0.2) is 34.1 Å². The van der Waals surface area contributed by atoms with Crippen molar-refractivity contribution in [3.8, 4) is 17.1 Å². The maximum atomic E-state index is 12.5. The van der Waals surface area contributed by atoms with Crippen LogP contribution in [-0.2, 0) is 11.3 Å². The number of carbonyl (C=O) groups is 1. The summed E-state index contributed by atoms with van der Waals surface area (Å²) >= 11 is 0. The summed E-state index contributed by atoms with van der Waals surface area (Å²) in [6, 6.07) is 15.5. The molecule has 0 saturated carbocycles. The maximum Gasteiger partial charge on any atom is 0.260 e. The van der Waals surface area contributed by atoms with Gasteiger partial charge >= 0.3 is 0 Å². The van der Waals surface area contributed by atoms with E-state index in [2.05, 4.69) is 10.1 Å². The van der Waals surface area contributed by atoms with Crippen LogP contribution in [0.4, 0.5) is 0 Å². The third-order valence-electron chi connectivity index (χ3n) is 4.19. The van der Waals surface area contributed by atoms with E-state index in [1.165, 1.54) is 0 Å². The van der Waals surface area contributed by atoms with E-state index < -0.39 is 0 Å². The van der Waals surface area contributed by atoms with E-state index in [-0.39, 0.29) is 19.1 Å². The van der Waals surface area contributed by atoms with E-state index in [4.69, 9.17) is 9.26 Å². The summed E-state index contributed by atoms with van der Waals surface area (Å²) in [6.45, 7) is 6.67. The van der Waals surface area contributed by atoms with Gasteiger partial charge in [-0.05, 0) is 39.0 Å². The van der Waals surface area contributed by atoms with E-state index in [1.54, 1.807) is 4.90 Å². The Labute approximate surface area is 158 Å². The zero-order valence-corrected chi connectivity index (χ0v) is 15.8. The number of ether oxygens (including phenoxy) is 1. The monoisotopic (exact) mass is 365 g/mol. The molecule has 0 spiro atoms. The summed E-state index contributed by atoms with van der Waals surface area (Å²) < 4.78 is 10.9. The fraction of sp³-hybridized carbons (Fsp3) is 0.286. The number of benzene rings is 2. The minimum Gasteiger partial charge on any atom is -0.484 e. The molecule has 1 heterocycles. The van der Waals surface area contributed by atoms with Crippen molar-refractivity contribution < 1.29 is 14.1 Å². The molecular weight excluding hydrogens is 342 g/mol. The van der Waals surface area contributed by atoms with Crippen molar-refractivity contribution in [3.63, 3.8) is 0 Å². The van der Waals surface area contributed by atoms with Gasteiger partial charge in [0, 0.05) is 12.1 Å². The first-order valence-electron chi connectivity index (χ1n) is 8.92. The van der Waals surface area contributed by atoms with E-state index in [1.807, 2.05) is 69.3 Å². The summed E-state index contributed by atoms with van der Waals surface area (Å²) in [5.41, 5.74) is 3.16. The van der Waals surface area contributed by atoms with Crippen LogP contribution in [0.25, 0.3) is 11.4 Å². The first kappa shape index (κ1) is 18.6. The zero-order chi connectivity index (χ0) is 19.2. The van der Waals surface area contributed by atoms with Gasteiger partial charge in [0.15, 0.2) is 6.61 Å². The summed E-state index contributed by atoms with van der Waals surface area (Å²) in [7, 11) is 0. The second kappa shape index (κ2) is 8.49. The van der Waals surface area contributed by atoms with Gasteiger partial charge in [-0.15, -0.1) is 0 Å². The molecule has 0 unspecified atom stereocenters. The van der Waals surface area contributed by atoms with Crippen molar-refractivity contribution in [2.45, 2.75) is 27.3 Å². The average molecular weight is 365 g/mol. The molecule has 0 saturated heterocycles. The van der Waals surface area contributed by atoms with Crippen LogP contribution >= 0.6 is 0 Å². The predicted octanol–water partition coefficient (Wildman–Crippen LogP) is 3.78. The highest BCUT2D eigenvalue weighted by Crippen LogP contribution is 2.18. The van der Waals surface area contributed by atoms with Crippen LogP contribution in [0, 0.1) is 13.8 Å². The molecule has 0 aliphatic carbocycles. The molecule has 140 valence electrons. The lowest BCUT2D eigenvalue weighted by Crippen LogP contribution is -2.34. The van der Waals surface area contributed by atoms with Crippen molar-refractivity contribution in [3.05, 3.63) is 65.5 Å². The molecule has 1 amide bonds. The Morgan fingerprint density at radius 2 is 1.89 bits per heavy atom. The Bertz CT molecular complexity index is 903. The van der Waals surface area contributed by atoms with Crippen molar-refractivity contribution >= 4 is 5.91 Å². The van der Waals surface area contributed by atoms with Crippen LogP contribution in [0.3, 0.4) is 0 Å². The number of amides is 1. The van der Waals surface area contributed by atoms with Crippen molar-refractivity contribution in [1.82, 2.24) is 15.0 Å². The van der Waals surface area contributed by atoms with Gasteiger partial charge in [0.2, 0.25) is 11.7 Å². The fourth-order valence-electron chi connectivity index (χ4n) is 2.63. The molecule has 0 aliphatic heterocycles. The maximum absolute atomic E-state index is 12.5. The lowest BCUT2D eigenvalue weighted by molar-refractivity contribution is -0.134. The minimum atomic E-state index is -0.131. The largest absolute Gasteiger partial charge is 0.484 e. The molecule has 1 aromatic heterocycles. The first-order valence-corrected chi connectivity index (χ1v) is 8.92. The predicted molar refractivity (Wildman–Crippen MR) is 102 cm³/mol. The third-order valence-corrected chi connectivity index (χ3v) is 4.19. The Balaban J connectivity index is 1.61. The van der Waals surface area contributed by atoms with Gasteiger partial charge in [-0.2, -0.15) is 4.98 Å². The summed E-state index contributed by atoms with van der Waals surface area (Å²) in [5.74, 6) is 1.46. The van der Waals surface area contributed by atoms with Crippen LogP contribution < -0.4 is 4.74 Å². The first-order chi connectivity index (χ1) is 13.0. The topological polar surface area (TPSA) is 68.5 Å². The van der Waals surface area contributed by atoms with Crippen LogP contribution in [0.1, 0.15) is 23.9 Å².